The number of aliphatic hydroxyl groups excluding tert-OH is 1. The van der Waals surface area contributed by atoms with Gasteiger partial charge < -0.3 is 38.7 Å². The molecule has 12 nitrogen and oxygen atoms in total. The lowest BCUT2D eigenvalue weighted by Gasteiger charge is -2.47. The van der Waals surface area contributed by atoms with E-state index < -0.39 is 59.9 Å². The van der Waals surface area contributed by atoms with Crippen molar-refractivity contribution in [2.75, 3.05) is 12.4 Å². The van der Waals surface area contributed by atoms with Crippen LogP contribution >= 0.6 is 0 Å². The Labute approximate surface area is 288 Å². The molecule has 4 atom stereocenters. The predicted molar refractivity (Wildman–Crippen MR) is 185 cm³/mol. The Bertz CT molecular complexity index is 1980. The zero-order chi connectivity index (χ0) is 36.3. The summed E-state index contributed by atoms with van der Waals surface area (Å²) in [7, 11) is 1.41. The van der Waals surface area contributed by atoms with E-state index in [9.17, 15) is 29.7 Å². The molecule has 2 heterocycles. The van der Waals surface area contributed by atoms with Crippen LogP contribution in [0.3, 0.4) is 0 Å². The van der Waals surface area contributed by atoms with Crippen LogP contribution in [0.15, 0.2) is 81.5 Å². The summed E-state index contributed by atoms with van der Waals surface area (Å²) in [5, 5.41) is 35.5. The summed E-state index contributed by atoms with van der Waals surface area (Å²) in [5.74, 6) is -0.666. The lowest BCUT2D eigenvalue weighted by Crippen LogP contribution is -2.65. The molecular formula is C38H41NO11. The van der Waals surface area contributed by atoms with Gasteiger partial charge in [-0.05, 0) is 89.1 Å². The summed E-state index contributed by atoms with van der Waals surface area (Å²) < 4.78 is 29.0. The number of hydrogen-bond donors (Lipinski definition) is 4. The quantitative estimate of drug-likeness (QED) is 0.0881. The molecule has 0 saturated carbocycles. The van der Waals surface area contributed by atoms with Crippen molar-refractivity contribution >= 4 is 28.5 Å². The predicted octanol–water partition coefficient (Wildman–Crippen LogP) is 5.95. The fourth-order valence-corrected chi connectivity index (χ4v) is 5.91. The normalized spacial score (nSPS) is 19.8. The van der Waals surface area contributed by atoms with Crippen molar-refractivity contribution in [3.05, 3.63) is 105 Å². The number of carbonyl (C=O) groups excluding carboxylic acids is 2. The molecule has 1 aliphatic rings. The zero-order valence-electron chi connectivity index (χ0n) is 28.7. The number of aryl methyl sites for hydroxylation is 1. The Kier molecular flexibility index (Phi) is 10.7. The number of methoxy groups -OCH3 is 1. The first kappa shape index (κ1) is 36.1. The van der Waals surface area contributed by atoms with Crippen LogP contribution in [0.5, 0.6) is 17.2 Å². The van der Waals surface area contributed by atoms with Gasteiger partial charge in [-0.2, -0.15) is 0 Å². The summed E-state index contributed by atoms with van der Waals surface area (Å²) in [4.78, 5) is 39.2. The van der Waals surface area contributed by atoms with Gasteiger partial charge in [-0.25, -0.2) is 9.59 Å². The Morgan fingerprint density at radius 3 is 2.44 bits per heavy atom. The molecule has 0 radical (unpaired) electrons. The Hall–Kier alpha value is -5.17. The van der Waals surface area contributed by atoms with E-state index in [2.05, 4.69) is 5.32 Å². The van der Waals surface area contributed by atoms with E-state index in [1.165, 1.54) is 31.4 Å². The van der Waals surface area contributed by atoms with Crippen LogP contribution in [0.2, 0.25) is 0 Å². The third kappa shape index (κ3) is 7.67. The molecule has 0 bridgehead atoms. The molecule has 1 aromatic heterocycles. The molecule has 1 aliphatic heterocycles. The number of nitrogens with one attached hydrogen (secondary N) is 1. The number of aliphatic hydroxyl groups is 1. The molecule has 4 N–H and O–H groups in total. The molecular weight excluding hydrogens is 646 g/mol. The van der Waals surface area contributed by atoms with Crippen molar-refractivity contribution in [1.29, 1.82) is 0 Å². The number of Topliss-reactive ketones (excluding diaryl/α,β-unsaturated/α-hetero) is 1. The largest absolute Gasteiger partial charge is 0.508 e. The number of aromatic hydroxyl groups is 2. The van der Waals surface area contributed by atoms with Crippen LogP contribution in [0, 0.1) is 6.92 Å². The highest BCUT2D eigenvalue weighted by Crippen LogP contribution is 2.38. The molecule has 1 saturated heterocycles. The fraction of sp³-hybridized carbons (Fsp3) is 0.342. The lowest BCUT2D eigenvalue weighted by atomic mass is 9.89. The van der Waals surface area contributed by atoms with E-state index in [1.807, 2.05) is 19.9 Å². The van der Waals surface area contributed by atoms with Crippen LogP contribution < -0.4 is 15.7 Å². The van der Waals surface area contributed by atoms with E-state index in [1.54, 1.807) is 57.2 Å². The number of carbonyl (C=O) groups is 2. The fourth-order valence-electron chi connectivity index (χ4n) is 5.91. The van der Waals surface area contributed by atoms with Crippen molar-refractivity contribution in [2.24, 2.45) is 0 Å². The summed E-state index contributed by atoms with van der Waals surface area (Å²) in [6.45, 7) is 8.84. The van der Waals surface area contributed by atoms with Gasteiger partial charge in [0.1, 0.15) is 28.9 Å². The van der Waals surface area contributed by atoms with Gasteiger partial charge in [0.15, 0.2) is 18.0 Å². The maximum absolute atomic E-state index is 13.2. The highest BCUT2D eigenvalue weighted by Gasteiger charge is 2.53. The number of benzene rings is 3. The minimum absolute atomic E-state index is 0.00390. The van der Waals surface area contributed by atoms with E-state index >= 15 is 0 Å². The molecule has 50 heavy (non-hydrogen) atoms. The van der Waals surface area contributed by atoms with Gasteiger partial charge in [0, 0.05) is 30.3 Å². The van der Waals surface area contributed by atoms with Crippen molar-refractivity contribution in [3.63, 3.8) is 0 Å². The number of phenols is 1. The monoisotopic (exact) mass is 687 g/mol. The second-order valence-electron chi connectivity index (χ2n) is 12.9. The molecule has 3 aromatic carbocycles. The van der Waals surface area contributed by atoms with E-state index in [4.69, 9.17) is 23.4 Å². The average molecular weight is 688 g/mol. The molecule has 12 heteroatoms. The number of phenolic OH excluding ortho intramolecular Hbond substituents is 1. The molecule has 5 rings (SSSR count). The molecule has 264 valence electrons. The van der Waals surface area contributed by atoms with Crippen LogP contribution in [-0.2, 0) is 27.1 Å². The second kappa shape index (κ2) is 14.8. The molecule has 1 amide bonds. The van der Waals surface area contributed by atoms with Crippen LogP contribution in [0.25, 0.3) is 11.0 Å². The van der Waals surface area contributed by atoms with E-state index in [0.717, 1.165) is 5.57 Å². The minimum atomic E-state index is -1.51. The topological polar surface area (TPSA) is 174 Å². The number of ether oxygens (including phenoxy) is 4. The number of hydrogen-bond acceptors (Lipinski definition) is 11. The SMILES string of the molecule is CO[C@@H]1[C@@H](OC(=O)Nc2ccccc2)[C@@H](O)[C@H](Oc2ccc3c(O)c(CC(=O)c4ccc(O)c(CC=C(C)C)c4)c(=O)oc3c2C)OC1(C)C. The van der Waals surface area contributed by atoms with Crippen LogP contribution in [0.1, 0.15) is 54.7 Å². The number of fused-ring (bicyclic) bond motifs is 1. The van der Waals surface area contributed by atoms with Gasteiger partial charge in [0.05, 0.1) is 16.6 Å². The molecule has 4 aromatic rings. The van der Waals surface area contributed by atoms with Crippen molar-refractivity contribution in [2.45, 2.75) is 77.7 Å². The molecule has 0 aliphatic carbocycles. The Morgan fingerprint density at radius 2 is 1.76 bits per heavy atom. The summed E-state index contributed by atoms with van der Waals surface area (Å²) in [6.07, 6.45) is -3.87. The smallest absolute Gasteiger partial charge is 0.412 e. The maximum atomic E-state index is 13.2. The van der Waals surface area contributed by atoms with E-state index in [-0.39, 0.29) is 33.6 Å². The number of para-hydroxylation sites is 1. The molecule has 0 unspecified atom stereocenters. The summed E-state index contributed by atoms with van der Waals surface area (Å²) in [5.41, 5.74) is 0.438. The van der Waals surface area contributed by atoms with Gasteiger partial charge in [-0.3, -0.25) is 10.1 Å². The Balaban J connectivity index is 1.38. The standard InChI is InChI=1S/C38H41NO11/c1-20(2)12-13-22-18-23(14-16-27(22)40)28(41)19-26-30(42)25-15-17-29(21(3)32(25)48-35(26)44)47-36-31(43)33(34(46-6)38(4,5)50-36)49-37(45)39-24-10-8-7-9-11-24/h7-12,14-18,31,33-34,36,40,42-43H,13,19H2,1-6H3,(H,39,45)/t31-,33+,34-,36-/m1/s1. The first-order chi connectivity index (χ1) is 23.7. The lowest BCUT2D eigenvalue weighted by molar-refractivity contribution is -0.304. The first-order valence-electron chi connectivity index (χ1n) is 16.0. The summed E-state index contributed by atoms with van der Waals surface area (Å²) in [6, 6.07) is 16.1. The van der Waals surface area contributed by atoms with Gasteiger partial charge in [-0.15, -0.1) is 0 Å². The number of ketones is 1. The van der Waals surface area contributed by atoms with Crippen molar-refractivity contribution in [3.8, 4) is 17.2 Å². The number of allylic oxidation sites excluding steroid dienone is 2. The second-order valence-corrected chi connectivity index (χ2v) is 12.9. The number of anilines is 1. The third-order valence-electron chi connectivity index (χ3n) is 8.59. The van der Waals surface area contributed by atoms with Gasteiger partial charge in [0.2, 0.25) is 6.29 Å². The summed E-state index contributed by atoms with van der Waals surface area (Å²) >= 11 is 0. The number of amides is 1. The molecule has 1 fully saturated rings. The van der Waals surface area contributed by atoms with Crippen molar-refractivity contribution in [1.82, 2.24) is 0 Å². The van der Waals surface area contributed by atoms with Gasteiger partial charge in [-0.1, -0.05) is 29.8 Å². The number of rotatable bonds is 10. The minimum Gasteiger partial charge on any atom is -0.508 e. The molecule has 0 spiro atoms. The van der Waals surface area contributed by atoms with Gasteiger partial charge >= 0.3 is 11.7 Å². The average Bonchev–Trinajstić information content (AvgIpc) is 3.06. The first-order valence-corrected chi connectivity index (χ1v) is 16.0. The zero-order valence-corrected chi connectivity index (χ0v) is 28.7. The van der Waals surface area contributed by atoms with Crippen LogP contribution in [-0.4, -0.2) is 64.5 Å². The highest BCUT2D eigenvalue weighted by atomic mass is 16.7. The Morgan fingerprint density at radius 1 is 1.04 bits per heavy atom. The third-order valence-corrected chi connectivity index (χ3v) is 8.59. The highest BCUT2D eigenvalue weighted by molar-refractivity contribution is 5.99. The van der Waals surface area contributed by atoms with Gasteiger partial charge in [0.25, 0.3) is 0 Å². The maximum Gasteiger partial charge on any atom is 0.412 e. The van der Waals surface area contributed by atoms with Crippen LogP contribution in [0.4, 0.5) is 10.5 Å². The van der Waals surface area contributed by atoms with Crippen molar-refractivity contribution < 1.29 is 48.3 Å². The van der Waals surface area contributed by atoms with E-state index in [0.29, 0.717) is 23.2 Å².